The van der Waals surface area contributed by atoms with Crippen LogP contribution in [-0.2, 0) is 9.59 Å². The van der Waals surface area contributed by atoms with Gasteiger partial charge in [-0.05, 0) is 29.8 Å². The normalized spacial score (nSPS) is 13.7. The molecule has 0 saturated heterocycles. The molecule has 0 aromatic heterocycles. The summed E-state index contributed by atoms with van der Waals surface area (Å²) in [5.41, 5.74) is 1.30. The number of phenolic OH excluding ortho intramolecular Hbond substituents is 1. The number of phenols is 1. The Morgan fingerprint density at radius 3 is 2.32 bits per heavy atom. The average molecular weight is 459 g/mol. The Hall–Kier alpha value is -4.59. The average Bonchev–Trinajstić information content (AvgIpc) is 3.06. The van der Waals surface area contributed by atoms with Crippen LogP contribution in [0.3, 0.4) is 0 Å². The van der Waals surface area contributed by atoms with Crippen LogP contribution in [0.25, 0.3) is 0 Å². The molecule has 0 spiro atoms. The number of imide groups is 1. The minimum Gasteiger partial charge on any atom is -0.505 e. The molecule has 3 amide bonds. The van der Waals surface area contributed by atoms with Crippen LogP contribution in [0.1, 0.15) is 10.4 Å². The molecule has 0 atom stereocenters. The second kappa shape index (κ2) is 10.4. The lowest BCUT2D eigenvalue weighted by Gasteiger charge is -2.16. The molecule has 1 aliphatic heterocycles. The van der Waals surface area contributed by atoms with Crippen molar-refractivity contribution in [1.82, 2.24) is 10.2 Å². The third-order valence-corrected chi connectivity index (χ3v) is 5.09. The standard InChI is InChI=1S/C26H26N4O4/c1-5-11-17(6-2)16-27-21-22(26(34)30(25(21)33)18-12-8-7-9-13-18)28-20-15-10-14-19(23(20)31)24(32)29(3)4/h5-15,27-28,31H,1-2,16H2,3-4H3/b17-11+. The summed E-state index contributed by atoms with van der Waals surface area (Å²) >= 11 is 0. The number of carbonyl (C=O) groups is 3. The van der Waals surface area contributed by atoms with Crippen molar-refractivity contribution in [2.45, 2.75) is 0 Å². The predicted molar refractivity (Wildman–Crippen MR) is 132 cm³/mol. The first-order valence-electron chi connectivity index (χ1n) is 10.5. The van der Waals surface area contributed by atoms with E-state index >= 15 is 0 Å². The molecule has 3 N–H and O–H groups in total. The monoisotopic (exact) mass is 458 g/mol. The molecule has 0 radical (unpaired) electrons. The number of carbonyl (C=O) groups excluding carboxylic acids is 3. The zero-order valence-corrected chi connectivity index (χ0v) is 19.0. The Morgan fingerprint density at radius 2 is 1.71 bits per heavy atom. The largest absolute Gasteiger partial charge is 0.505 e. The molecular formula is C26H26N4O4. The molecular weight excluding hydrogens is 432 g/mol. The van der Waals surface area contributed by atoms with Crippen LogP contribution in [0.2, 0.25) is 0 Å². The van der Waals surface area contributed by atoms with Gasteiger partial charge in [-0.2, -0.15) is 0 Å². The van der Waals surface area contributed by atoms with Crippen LogP contribution in [0.15, 0.2) is 96.9 Å². The highest BCUT2D eigenvalue weighted by molar-refractivity contribution is 6.33. The highest BCUT2D eigenvalue weighted by atomic mass is 16.3. The van der Waals surface area contributed by atoms with E-state index in [2.05, 4.69) is 23.8 Å². The van der Waals surface area contributed by atoms with Gasteiger partial charge in [0.25, 0.3) is 17.7 Å². The predicted octanol–water partition coefficient (Wildman–Crippen LogP) is 3.18. The van der Waals surface area contributed by atoms with E-state index in [0.717, 1.165) is 10.5 Å². The molecule has 0 fully saturated rings. The van der Waals surface area contributed by atoms with Gasteiger partial charge in [-0.25, -0.2) is 4.90 Å². The van der Waals surface area contributed by atoms with E-state index < -0.39 is 17.7 Å². The van der Waals surface area contributed by atoms with E-state index in [-0.39, 0.29) is 34.9 Å². The van der Waals surface area contributed by atoms with Gasteiger partial charge >= 0.3 is 0 Å². The molecule has 34 heavy (non-hydrogen) atoms. The SMILES string of the molecule is C=C/C=C(\C=C)CNC1=C(Nc2cccc(C(=O)N(C)C)c2O)C(=O)N(c2ccccc2)C1=O. The molecule has 1 heterocycles. The molecule has 0 bridgehead atoms. The van der Waals surface area contributed by atoms with Crippen molar-refractivity contribution in [3.63, 3.8) is 0 Å². The van der Waals surface area contributed by atoms with Crippen molar-refractivity contribution in [3.05, 3.63) is 102 Å². The number of hydrogen-bond donors (Lipinski definition) is 3. The third-order valence-electron chi connectivity index (χ3n) is 5.09. The summed E-state index contributed by atoms with van der Waals surface area (Å²) in [6.45, 7) is 7.61. The van der Waals surface area contributed by atoms with Crippen LogP contribution in [0, 0.1) is 0 Å². The van der Waals surface area contributed by atoms with Gasteiger partial charge in [0.1, 0.15) is 11.4 Å². The molecule has 0 aliphatic carbocycles. The lowest BCUT2D eigenvalue weighted by Crippen LogP contribution is -2.34. The van der Waals surface area contributed by atoms with Crippen molar-refractivity contribution in [2.75, 3.05) is 30.9 Å². The number of para-hydroxylation sites is 2. The highest BCUT2D eigenvalue weighted by Gasteiger charge is 2.40. The fourth-order valence-corrected chi connectivity index (χ4v) is 3.35. The fraction of sp³-hybridized carbons (Fsp3) is 0.115. The molecule has 0 unspecified atom stereocenters. The molecule has 8 heteroatoms. The maximum absolute atomic E-state index is 13.3. The maximum Gasteiger partial charge on any atom is 0.284 e. The van der Waals surface area contributed by atoms with Crippen molar-refractivity contribution in [2.24, 2.45) is 0 Å². The third kappa shape index (κ3) is 4.75. The van der Waals surface area contributed by atoms with Crippen LogP contribution in [0.5, 0.6) is 5.75 Å². The Bertz CT molecular complexity index is 1210. The highest BCUT2D eigenvalue weighted by Crippen LogP contribution is 2.32. The summed E-state index contributed by atoms with van der Waals surface area (Å²) in [5, 5.41) is 16.6. The van der Waals surface area contributed by atoms with Crippen LogP contribution in [0.4, 0.5) is 11.4 Å². The molecule has 2 aromatic rings. The fourth-order valence-electron chi connectivity index (χ4n) is 3.35. The van der Waals surface area contributed by atoms with E-state index in [1.807, 2.05) is 0 Å². The Balaban J connectivity index is 2.04. The van der Waals surface area contributed by atoms with Crippen LogP contribution in [-0.4, -0.2) is 48.4 Å². The number of hydrogen-bond acceptors (Lipinski definition) is 6. The van der Waals surface area contributed by atoms with Gasteiger partial charge in [-0.3, -0.25) is 14.4 Å². The quantitative estimate of drug-likeness (QED) is 0.303. The van der Waals surface area contributed by atoms with E-state index in [4.69, 9.17) is 0 Å². The number of aromatic hydroxyl groups is 1. The summed E-state index contributed by atoms with van der Waals surface area (Å²) in [6, 6.07) is 13.1. The number of anilines is 2. The summed E-state index contributed by atoms with van der Waals surface area (Å²) in [4.78, 5) is 41.4. The van der Waals surface area contributed by atoms with E-state index in [9.17, 15) is 19.5 Å². The number of amides is 3. The Kier molecular flexibility index (Phi) is 7.33. The van der Waals surface area contributed by atoms with Gasteiger partial charge < -0.3 is 20.6 Å². The molecule has 2 aromatic carbocycles. The molecule has 0 saturated carbocycles. The lowest BCUT2D eigenvalue weighted by molar-refractivity contribution is -0.120. The molecule has 3 rings (SSSR count). The van der Waals surface area contributed by atoms with Crippen molar-refractivity contribution < 1.29 is 19.5 Å². The number of rotatable bonds is 9. The summed E-state index contributed by atoms with van der Waals surface area (Å²) in [6.07, 6.45) is 4.93. The first-order valence-corrected chi connectivity index (χ1v) is 10.5. The zero-order chi connectivity index (χ0) is 24.8. The first-order chi connectivity index (χ1) is 16.3. The second-order valence-corrected chi connectivity index (χ2v) is 7.59. The van der Waals surface area contributed by atoms with Crippen LogP contribution >= 0.6 is 0 Å². The zero-order valence-electron chi connectivity index (χ0n) is 19.0. The summed E-state index contributed by atoms with van der Waals surface area (Å²) < 4.78 is 0. The van der Waals surface area contributed by atoms with E-state index in [0.29, 0.717) is 5.69 Å². The maximum atomic E-state index is 13.3. The number of allylic oxidation sites excluding steroid dienone is 2. The van der Waals surface area contributed by atoms with Gasteiger partial charge in [-0.15, -0.1) is 0 Å². The molecule has 1 aliphatic rings. The van der Waals surface area contributed by atoms with Crippen molar-refractivity contribution >= 4 is 29.1 Å². The van der Waals surface area contributed by atoms with Gasteiger partial charge in [0.05, 0.1) is 16.9 Å². The number of benzene rings is 2. The topological polar surface area (TPSA) is 102 Å². The van der Waals surface area contributed by atoms with Gasteiger partial charge in [0.15, 0.2) is 5.75 Å². The van der Waals surface area contributed by atoms with E-state index in [1.54, 1.807) is 68.7 Å². The Labute approximate surface area is 198 Å². The first kappa shape index (κ1) is 24.1. The second-order valence-electron chi connectivity index (χ2n) is 7.59. The number of nitrogens with zero attached hydrogens (tertiary/aromatic N) is 2. The minimum absolute atomic E-state index is 0.0226. The van der Waals surface area contributed by atoms with Gasteiger partial charge in [0.2, 0.25) is 0 Å². The van der Waals surface area contributed by atoms with Gasteiger partial charge in [0, 0.05) is 20.6 Å². The molecule has 174 valence electrons. The van der Waals surface area contributed by atoms with E-state index in [1.165, 1.54) is 17.0 Å². The van der Waals surface area contributed by atoms with Gasteiger partial charge in [-0.1, -0.05) is 55.7 Å². The van der Waals surface area contributed by atoms with Crippen molar-refractivity contribution in [1.29, 1.82) is 0 Å². The number of nitrogens with one attached hydrogen (secondary N) is 2. The smallest absolute Gasteiger partial charge is 0.284 e. The van der Waals surface area contributed by atoms with Crippen LogP contribution < -0.4 is 15.5 Å². The minimum atomic E-state index is -0.602. The Morgan fingerprint density at radius 1 is 1.03 bits per heavy atom. The van der Waals surface area contributed by atoms with Crippen molar-refractivity contribution in [3.8, 4) is 5.75 Å². The summed E-state index contributed by atoms with van der Waals surface area (Å²) in [7, 11) is 3.13. The molecule has 8 nitrogen and oxygen atoms in total. The lowest BCUT2D eigenvalue weighted by atomic mass is 10.1. The summed E-state index contributed by atoms with van der Waals surface area (Å²) in [5.74, 6) is -1.89.